The van der Waals surface area contributed by atoms with E-state index < -0.39 is 11.9 Å². The molecule has 8 heteroatoms. The average Bonchev–Trinajstić information content (AvgIpc) is 3.03. The Morgan fingerprint density at radius 2 is 2.05 bits per heavy atom. The maximum atomic E-state index is 11.3. The third kappa shape index (κ3) is 2.98. The first kappa shape index (κ1) is 14.6. The monoisotopic (exact) mass is 337 g/mol. The summed E-state index contributed by atoms with van der Waals surface area (Å²) in [6, 6.07) is 7.92. The highest BCUT2D eigenvalue weighted by Gasteiger charge is 2.26. The van der Waals surface area contributed by atoms with E-state index in [1.807, 2.05) is 0 Å². The smallest absolute Gasteiger partial charge is 0.344 e. The summed E-state index contributed by atoms with van der Waals surface area (Å²) in [5.41, 5.74) is 0.694. The van der Waals surface area contributed by atoms with Gasteiger partial charge in [-0.05, 0) is 30.3 Å². The van der Waals surface area contributed by atoms with Crippen LogP contribution < -0.4 is 5.32 Å². The molecule has 1 N–H and O–H groups in total. The highest BCUT2D eigenvalue weighted by molar-refractivity contribution is 6.36. The Bertz CT molecular complexity index is 785. The molecule has 1 aliphatic heterocycles. The molecular formula is C14H9Cl2N3O3. The van der Waals surface area contributed by atoms with E-state index >= 15 is 0 Å². The molecule has 3 amide bonds. The Morgan fingerprint density at radius 1 is 1.23 bits per heavy atom. The molecule has 0 radical (unpaired) electrons. The minimum absolute atomic E-state index is 0.105. The van der Waals surface area contributed by atoms with Crippen molar-refractivity contribution in [2.45, 2.75) is 0 Å². The van der Waals surface area contributed by atoms with E-state index in [0.29, 0.717) is 27.1 Å². The van der Waals surface area contributed by atoms with Gasteiger partial charge in [0.2, 0.25) is 5.91 Å². The van der Waals surface area contributed by atoms with Crippen LogP contribution in [-0.2, 0) is 4.79 Å². The summed E-state index contributed by atoms with van der Waals surface area (Å²) in [6.07, 6.45) is 1.35. The number of benzene rings is 1. The van der Waals surface area contributed by atoms with Crippen LogP contribution in [0.1, 0.15) is 5.76 Å². The molecule has 6 nitrogen and oxygen atoms in total. The number of nitrogens with one attached hydrogen (secondary N) is 1. The van der Waals surface area contributed by atoms with Crippen LogP contribution in [0.5, 0.6) is 0 Å². The molecular weight excluding hydrogens is 329 g/mol. The van der Waals surface area contributed by atoms with Crippen molar-refractivity contribution < 1.29 is 14.0 Å². The lowest BCUT2D eigenvalue weighted by Crippen LogP contribution is -2.24. The van der Waals surface area contributed by atoms with Crippen LogP contribution in [-0.4, -0.2) is 29.7 Å². The lowest BCUT2D eigenvalue weighted by molar-refractivity contribution is -0.118. The molecule has 0 bridgehead atoms. The van der Waals surface area contributed by atoms with Gasteiger partial charge >= 0.3 is 6.03 Å². The summed E-state index contributed by atoms with van der Waals surface area (Å²) in [6.45, 7) is -0.105. The molecule has 1 aromatic carbocycles. The van der Waals surface area contributed by atoms with Crippen LogP contribution in [0.25, 0.3) is 11.3 Å². The largest absolute Gasteiger partial charge is 0.455 e. The van der Waals surface area contributed by atoms with Gasteiger partial charge in [-0.1, -0.05) is 23.2 Å². The fraction of sp³-hybridized carbons (Fsp3) is 0.0714. The molecule has 1 saturated heterocycles. The second kappa shape index (κ2) is 5.82. The van der Waals surface area contributed by atoms with Gasteiger partial charge in [-0.2, -0.15) is 5.10 Å². The van der Waals surface area contributed by atoms with E-state index in [1.165, 1.54) is 6.21 Å². The normalized spacial score (nSPS) is 14.9. The van der Waals surface area contributed by atoms with Crippen molar-refractivity contribution in [2.24, 2.45) is 5.10 Å². The minimum Gasteiger partial charge on any atom is -0.455 e. The van der Waals surface area contributed by atoms with Crippen molar-refractivity contribution in [1.29, 1.82) is 0 Å². The fourth-order valence-corrected chi connectivity index (χ4v) is 2.41. The van der Waals surface area contributed by atoms with E-state index in [-0.39, 0.29) is 6.54 Å². The van der Waals surface area contributed by atoms with E-state index in [4.69, 9.17) is 27.6 Å². The lowest BCUT2D eigenvalue weighted by Gasteiger charge is -2.03. The summed E-state index contributed by atoms with van der Waals surface area (Å²) >= 11 is 12.0. The summed E-state index contributed by atoms with van der Waals surface area (Å²) in [7, 11) is 0. The van der Waals surface area contributed by atoms with Crippen LogP contribution in [0.3, 0.4) is 0 Å². The van der Waals surface area contributed by atoms with Gasteiger partial charge in [0, 0.05) is 10.6 Å². The van der Waals surface area contributed by atoms with Gasteiger partial charge < -0.3 is 4.42 Å². The Balaban J connectivity index is 1.79. The molecule has 2 aromatic rings. The zero-order valence-electron chi connectivity index (χ0n) is 11.0. The zero-order valence-corrected chi connectivity index (χ0v) is 12.6. The number of carbonyl (C=O) groups is 2. The molecule has 22 heavy (non-hydrogen) atoms. The first-order valence-electron chi connectivity index (χ1n) is 6.23. The van der Waals surface area contributed by atoms with Gasteiger partial charge in [0.15, 0.2) is 0 Å². The molecule has 112 valence electrons. The minimum atomic E-state index is -0.561. The summed E-state index contributed by atoms with van der Waals surface area (Å²) in [5.74, 6) is 0.577. The molecule has 3 rings (SSSR count). The maximum Gasteiger partial charge on any atom is 0.344 e. The van der Waals surface area contributed by atoms with Crippen LogP contribution in [0.2, 0.25) is 10.0 Å². The molecule has 2 heterocycles. The van der Waals surface area contributed by atoms with Crippen LogP contribution in [0, 0.1) is 0 Å². The molecule has 0 saturated carbocycles. The Labute approximate surface area is 135 Å². The molecule has 0 unspecified atom stereocenters. The molecule has 1 aromatic heterocycles. The standard InChI is InChI=1S/C14H9Cl2N3O3/c15-8-1-3-10(11(16)5-8)12-4-2-9(22-12)6-17-19-7-13(20)18-14(19)21/h1-6H,7H2,(H,18,20,21)/b17-6+. The molecule has 0 aliphatic carbocycles. The number of hydrogen-bond acceptors (Lipinski definition) is 4. The molecule has 1 fully saturated rings. The second-order valence-electron chi connectivity index (χ2n) is 4.48. The Kier molecular flexibility index (Phi) is 3.87. The van der Waals surface area contributed by atoms with Crippen molar-refractivity contribution in [3.63, 3.8) is 0 Å². The van der Waals surface area contributed by atoms with Gasteiger partial charge in [0.1, 0.15) is 18.1 Å². The number of hydrogen-bond donors (Lipinski definition) is 1. The number of urea groups is 1. The number of amides is 3. The number of hydrazone groups is 1. The number of carbonyl (C=O) groups excluding carboxylic acids is 2. The zero-order chi connectivity index (χ0) is 15.7. The van der Waals surface area contributed by atoms with Gasteiger partial charge in [0.05, 0.1) is 11.2 Å². The van der Waals surface area contributed by atoms with Gasteiger partial charge in [0.25, 0.3) is 0 Å². The van der Waals surface area contributed by atoms with Gasteiger partial charge in [-0.25, -0.2) is 9.80 Å². The first-order chi connectivity index (χ1) is 10.5. The van der Waals surface area contributed by atoms with E-state index in [0.717, 1.165) is 5.01 Å². The molecule has 0 atom stereocenters. The lowest BCUT2D eigenvalue weighted by atomic mass is 10.2. The summed E-state index contributed by atoms with van der Waals surface area (Å²) < 4.78 is 5.59. The third-order valence-electron chi connectivity index (χ3n) is 2.92. The van der Waals surface area contributed by atoms with E-state index in [9.17, 15) is 9.59 Å². The maximum absolute atomic E-state index is 11.3. The third-order valence-corrected chi connectivity index (χ3v) is 3.47. The molecule has 0 spiro atoms. The quantitative estimate of drug-likeness (QED) is 0.690. The predicted molar refractivity (Wildman–Crippen MR) is 82.0 cm³/mol. The van der Waals surface area contributed by atoms with Crippen molar-refractivity contribution in [2.75, 3.05) is 6.54 Å². The van der Waals surface area contributed by atoms with E-state index in [2.05, 4.69) is 10.4 Å². The van der Waals surface area contributed by atoms with Crippen molar-refractivity contribution >= 4 is 41.4 Å². The average molecular weight is 338 g/mol. The number of imide groups is 1. The Morgan fingerprint density at radius 3 is 2.73 bits per heavy atom. The van der Waals surface area contributed by atoms with Gasteiger partial charge in [-0.3, -0.25) is 10.1 Å². The van der Waals surface area contributed by atoms with Crippen LogP contribution in [0.15, 0.2) is 39.9 Å². The number of rotatable bonds is 3. The van der Waals surface area contributed by atoms with E-state index in [1.54, 1.807) is 30.3 Å². The first-order valence-corrected chi connectivity index (χ1v) is 6.99. The van der Waals surface area contributed by atoms with Gasteiger partial charge in [-0.15, -0.1) is 0 Å². The predicted octanol–water partition coefficient (Wildman–Crippen LogP) is 3.14. The number of nitrogens with zero attached hydrogens (tertiary/aromatic N) is 2. The van der Waals surface area contributed by atoms with Crippen molar-refractivity contribution in [3.8, 4) is 11.3 Å². The Hall–Kier alpha value is -2.31. The fourth-order valence-electron chi connectivity index (χ4n) is 1.91. The van der Waals surface area contributed by atoms with Crippen LogP contribution >= 0.6 is 23.2 Å². The van der Waals surface area contributed by atoms with Crippen molar-refractivity contribution in [1.82, 2.24) is 10.3 Å². The SMILES string of the molecule is O=C1CN(/N=C/c2ccc(-c3ccc(Cl)cc3Cl)o2)C(=O)N1. The summed E-state index contributed by atoms with van der Waals surface area (Å²) in [5, 5.41) is 8.03. The number of furan rings is 1. The molecule has 1 aliphatic rings. The highest BCUT2D eigenvalue weighted by Crippen LogP contribution is 2.31. The second-order valence-corrected chi connectivity index (χ2v) is 5.33. The summed E-state index contributed by atoms with van der Waals surface area (Å²) in [4.78, 5) is 22.4. The topological polar surface area (TPSA) is 74.9 Å². The van der Waals surface area contributed by atoms with Crippen LogP contribution in [0.4, 0.5) is 4.79 Å². The number of halogens is 2. The highest BCUT2D eigenvalue weighted by atomic mass is 35.5. The van der Waals surface area contributed by atoms with Crippen molar-refractivity contribution in [3.05, 3.63) is 46.1 Å².